The Balaban J connectivity index is 1.54. The van der Waals surface area contributed by atoms with Gasteiger partial charge in [-0.2, -0.15) is 5.10 Å². The number of nitrogens with one attached hydrogen (secondary N) is 2. The van der Waals surface area contributed by atoms with E-state index in [1.54, 1.807) is 37.3 Å². The van der Waals surface area contributed by atoms with Gasteiger partial charge in [-0.15, -0.1) is 5.10 Å². The van der Waals surface area contributed by atoms with Crippen molar-refractivity contribution in [2.45, 2.75) is 19.5 Å². The zero-order chi connectivity index (χ0) is 22.7. The third-order valence-corrected chi connectivity index (χ3v) is 5.51. The van der Waals surface area contributed by atoms with Gasteiger partial charge in [-0.25, -0.2) is 18.1 Å². The third-order valence-electron chi connectivity index (χ3n) is 4.73. The van der Waals surface area contributed by atoms with Crippen molar-refractivity contribution >= 4 is 23.0 Å². The first-order valence-electron chi connectivity index (χ1n) is 9.53. The van der Waals surface area contributed by atoms with E-state index in [4.69, 9.17) is 9.47 Å². The van der Waals surface area contributed by atoms with E-state index in [2.05, 4.69) is 24.6 Å². The van der Waals surface area contributed by atoms with Crippen LogP contribution in [0.4, 0.5) is 14.9 Å². The van der Waals surface area contributed by atoms with Gasteiger partial charge in [0.25, 0.3) is 0 Å². The van der Waals surface area contributed by atoms with Crippen LogP contribution < -0.4 is 18.9 Å². The number of pyridine rings is 1. The molecule has 2 aromatic heterocycles. The van der Waals surface area contributed by atoms with Crippen LogP contribution in [0.1, 0.15) is 24.2 Å². The summed E-state index contributed by atoms with van der Waals surface area (Å²) in [5.41, 5.74) is 0.789. The highest BCUT2D eigenvalue weighted by Crippen LogP contribution is 2.37. The first-order chi connectivity index (χ1) is 15.5. The van der Waals surface area contributed by atoms with Gasteiger partial charge in [0.1, 0.15) is 5.69 Å². The monoisotopic (exact) mass is 458 g/mol. The molecule has 1 aliphatic rings. The number of carbonyl (C=O) groups excluding carboxylic acids is 1. The molecule has 4 rings (SSSR count). The summed E-state index contributed by atoms with van der Waals surface area (Å²) in [6, 6.07) is 8.97. The first-order valence-corrected chi connectivity index (χ1v) is 10.7. The molecule has 0 fully saturated rings. The fraction of sp³-hybridized carbons (Fsp3) is 0.200. The van der Waals surface area contributed by atoms with E-state index in [1.807, 2.05) is 0 Å². The summed E-state index contributed by atoms with van der Waals surface area (Å²) in [4.78, 5) is 18.4. The Bertz CT molecular complexity index is 1170. The van der Waals surface area contributed by atoms with Crippen molar-refractivity contribution in [1.29, 1.82) is 0 Å². The standard InChI is InChI=1S/C20H19FN6O4S/c1-12-19-16(9-14(10-23-19)30-17-7-4-8-24-25-17)31-20(28)27(12)11-13-5-3-6-15(18(13)21)26-32(29)22-2/h3-10,12,22,26H,11H2,1-2H3. The SMILES string of the molecule is CNS(=O)Nc1cccc(CN2C(=O)Oc3cc(Oc4cccnn4)cnc3C2C)c1F. The van der Waals surface area contributed by atoms with Crippen LogP contribution in [-0.2, 0) is 17.7 Å². The number of fused-ring (bicyclic) bond motifs is 1. The average Bonchev–Trinajstić information content (AvgIpc) is 2.79. The van der Waals surface area contributed by atoms with Crippen LogP contribution in [-0.4, -0.2) is 37.4 Å². The molecule has 0 bridgehead atoms. The van der Waals surface area contributed by atoms with E-state index >= 15 is 0 Å². The van der Waals surface area contributed by atoms with Crippen molar-refractivity contribution in [1.82, 2.24) is 24.8 Å². The molecule has 2 atom stereocenters. The normalized spacial score (nSPS) is 16.2. The maximum Gasteiger partial charge on any atom is 0.416 e. The minimum absolute atomic E-state index is 0.0533. The van der Waals surface area contributed by atoms with Crippen LogP contribution in [0.3, 0.4) is 0 Å². The van der Waals surface area contributed by atoms with Gasteiger partial charge in [0.05, 0.1) is 24.5 Å². The Morgan fingerprint density at radius 1 is 1.31 bits per heavy atom. The number of hydrogen-bond acceptors (Lipinski definition) is 7. The van der Waals surface area contributed by atoms with E-state index in [9.17, 15) is 13.4 Å². The van der Waals surface area contributed by atoms with Crippen LogP contribution in [0, 0.1) is 5.82 Å². The lowest BCUT2D eigenvalue weighted by molar-refractivity contribution is 0.114. The predicted octanol–water partition coefficient (Wildman–Crippen LogP) is 3.09. The molecular weight excluding hydrogens is 439 g/mol. The molecule has 1 aromatic carbocycles. The third kappa shape index (κ3) is 4.50. The zero-order valence-corrected chi connectivity index (χ0v) is 17.9. The fourth-order valence-corrected chi connectivity index (χ4v) is 3.59. The van der Waals surface area contributed by atoms with Gasteiger partial charge in [-0.3, -0.25) is 14.6 Å². The minimum Gasteiger partial charge on any atom is -0.436 e. The number of hydrogen-bond donors (Lipinski definition) is 2. The highest BCUT2D eigenvalue weighted by atomic mass is 32.2. The molecule has 32 heavy (non-hydrogen) atoms. The molecule has 12 heteroatoms. The summed E-state index contributed by atoms with van der Waals surface area (Å²) in [7, 11) is 1.48. The second kappa shape index (κ2) is 9.24. The maximum atomic E-state index is 14.9. The van der Waals surface area contributed by atoms with Crippen molar-refractivity contribution in [3.05, 3.63) is 65.9 Å². The number of carbonyl (C=O) groups is 1. The zero-order valence-electron chi connectivity index (χ0n) is 17.1. The Kier molecular flexibility index (Phi) is 6.23. The van der Waals surface area contributed by atoms with E-state index < -0.39 is 29.1 Å². The van der Waals surface area contributed by atoms with E-state index in [0.29, 0.717) is 11.4 Å². The van der Waals surface area contributed by atoms with Crippen molar-refractivity contribution in [2.75, 3.05) is 11.8 Å². The average molecular weight is 458 g/mol. The van der Waals surface area contributed by atoms with Crippen LogP contribution >= 0.6 is 0 Å². The minimum atomic E-state index is -1.64. The Morgan fingerprint density at radius 2 is 2.16 bits per heavy atom. The molecule has 0 aliphatic carbocycles. The molecular formula is C20H19FN6O4S. The molecule has 2 N–H and O–H groups in total. The number of benzene rings is 1. The summed E-state index contributed by atoms with van der Waals surface area (Å²) in [5.74, 6) is 0.248. The largest absolute Gasteiger partial charge is 0.436 e. The van der Waals surface area contributed by atoms with Crippen LogP contribution in [0.5, 0.6) is 17.4 Å². The van der Waals surface area contributed by atoms with E-state index in [0.717, 1.165) is 0 Å². The molecule has 1 amide bonds. The topological polar surface area (TPSA) is 119 Å². The number of amides is 1. The van der Waals surface area contributed by atoms with Crippen LogP contribution in [0.25, 0.3) is 0 Å². The van der Waals surface area contributed by atoms with E-state index in [-0.39, 0.29) is 29.4 Å². The van der Waals surface area contributed by atoms with Crippen molar-refractivity contribution in [3.8, 4) is 17.4 Å². The van der Waals surface area contributed by atoms with Gasteiger partial charge < -0.3 is 9.47 Å². The lowest BCUT2D eigenvalue weighted by atomic mass is 10.1. The summed E-state index contributed by atoms with van der Waals surface area (Å²) in [6.45, 7) is 1.71. The number of aromatic nitrogens is 3. The second-order valence-electron chi connectivity index (χ2n) is 6.74. The Labute approximate surface area is 185 Å². The molecule has 0 radical (unpaired) electrons. The molecule has 0 saturated carbocycles. The highest BCUT2D eigenvalue weighted by molar-refractivity contribution is 7.84. The quantitative estimate of drug-likeness (QED) is 0.558. The second-order valence-corrected chi connectivity index (χ2v) is 7.89. The first kappa shape index (κ1) is 21.6. The van der Waals surface area contributed by atoms with Crippen LogP contribution in [0.2, 0.25) is 0 Å². The summed E-state index contributed by atoms with van der Waals surface area (Å²) < 4.78 is 42.5. The molecule has 3 heterocycles. The fourth-order valence-electron chi connectivity index (χ4n) is 3.13. The van der Waals surface area contributed by atoms with E-state index in [1.165, 1.54) is 30.4 Å². The smallest absolute Gasteiger partial charge is 0.416 e. The number of halogens is 1. The van der Waals surface area contributed by atoms with Crippen molar-refractivity contribution < 1.29 is 22.9 Å². The molecule has 0 saturated heterocycles. The Morgan fingerprint density at radius 3 is 2.91 bits per heavy atom. The van der Waals surface area contributed by atoms with Gasteiger partial charge in [0, 0.05) is 23.9 Å². The predicted molar refractivity (Wildman–Crippen MR) is 114 cm³/mol. The lowest BCUT2D eigenvalue weighted by Gasteiger charge is -2.33. The summed E-state index contributed by atoms with van der Waals surface area (Å²) in [5, 5.41) is 7.57. The van der Waals surface area contributed by atoms with Gasteiger partial charge in [-0.1, -0.05) is 12.1 Å². The molecule has 166 valence electrons. The lowest BCUT2D eigenvalue weighted by Crippen LogP contribution is -2.39. The van der Waals surface area contributed by atoms with Gasteiger partial charge in [-0.05, 0) is 26.1 Å². The van der Waals surface area contributed by atoms with Gasteiger partial charge in [0.2, 0.25) is 5.88 Å². The summed E-state index contributed by atoms with van der Waals surface area (Å²) >= 11 is -1.64. The van der Waals surface area contributed by atoms with Crippen molar-refractivity contribution in [2.24, 2.45) is 0 Å². The number of ether oxygens (including phenoxy) is 2. The number of rotatable bonds is 7. The molecule has 3 aromatic rings. The molecule has 1 aliphatic heterocycles. The number of anilines is 1. The molecule has 10 nitrogen and oxygen atoms in total. The maximum absolute atomic E-state index is 14.9. The molecule has 2 unspecified atom stereocenters. The molecule has 0 spiro atoms. The van der Waals surface area contributed by atoms with Crippen molar-refractivity contribution in [3.63, 3.8) is 0 Å². The number of nitrogens with zero attached hydrogens (tertiary/aromatic N) is 4. The Hall–Kier alpha value is -3.64. The summed E-state index contributed by atoms with van der Waals surface area (Å²) in [6.07, 6.45) is 2.35. The van der Waals surface area contributed by atoms with Crippen LogP contribution in [0.15, 0.2) is 48.8 Å². The van der Waals surface area contributed by atoms with Gasteiger partial charge in [0.15, 0.2) is 28.5 Å². The highest BCUT2D eigenvalue weighted by Gasteiger charge is 2.34. The van der Waals surface area contributed by atoms with Gasteiger partial charge >= 0.3 is 6.09 Å².